The number of hydrogen-bond acceptors (Lipinski definition) is 2. The van der Waals surface area contributed by atoms with E-state index in [9.17, 15) is 9.59 Å². The first-order valence-electron chi connectivity index (χ1n) is 9.92. The Morgan fingerprint density at radius 1 is 0.700 bits per heavy atom. The van der Waals surface area contributed by atoms with Crippen LogP contribution in [0.25, 0.3) is 22.4 Å². The van der Waals surface area contributed by atoms with E-state index in [2.05, 4.69) is 22.4 Å². The molecule has 1 aromatic heterocycles. The molecule has 148 valence electrons. The van der Waals surface area contributed by atoms with Crippen LogP contribution in [0.4, 0.5) is 0 Å². The third-order valence-corrected chi connectivity index (χ3v) is 5.00. The van der Waals surface area contributed by atoms with Gasteiger partial charge >= 0.3 is 0 Å². The Morgan fingerprint density at radius 2 is 1.30 bits per heavy atom. The van der Waals surface area contributed by atoms with E-state index in [0.717, 1.165) is 28.7 Å². The van der Waals surface area contributed by atoms with Crippen LogP contribution in [0.3, 0.4) is 0 Å². The van der Waals surface area contributed by atoms with Gasteiger partial charge in [-0.2, -0.15) is 0 Å². The summed E-state index contributed by atoms with van der Waals surface area (Å²) in [7, 11) is 0. The fraction of sp³-hybridized carbons (Fsp3) is 0.0769. The molecule has 0 aliphatic rings. The molecule has 0 fully saturated rings. The van der Waals surface area contributed by atoms with Crippen molar-refractivity contribution in [2.75, 3.05) is 6.54 Å². The molecule has 2 N–H and O–H groups in total. The van der Waals surface area contributed by atoms with Crippen molar-refractivity contribution < 1.29 is 4.79 Å². The van der Waals surface area contributed by atoms with Crippen LogP contribution < -0.4 is 10.9 Å². The van der Waals surface area contributed by atoms with Crippen LogP contribution in [0.1, 0.15) is 15.9 Å². The number of hydrogen-bond donors (Lipinski definition) is 2. The minimum absolute atomic E-state index is 0.118. The van der Waals surface area contributed by atoms with Crippen LogP contribution in [-0.4, -0.2) is 17.4 Å². The number of nitrogens with one attached hydrogen (secondary N) is 2. The average molecular weight is 394 g/mol. The molecule has 4 aromatic rings. The van der Waals surface area contributed by atoms with Gasteiger partial charge in [-0.1, -0.05) is 84.9 Å². The topological polar surface area (TPSA) is 62.0 Å². The van der Waals surface area contributed by atoms with Crippen molar-refractivity contribution in [3.63, 3.8) is 0 Å². The Kier molecular flexibility index (Phi) is 5.85. The van der Waals surface area contributed by atoms with Gasteiger partial charge in [0.25, 0.3) is 11.5 Å². The van der Waals surface area contributed by atoms with Crippen molar-refractivity contribution in [2.24, 2.45) is 0 Å². The molecule has 4 heteroatoms. The SMILES string of the molecule is O=C(NCCc1ccccc1)c1ccc(-c2ccc(-c3ccccc3)cc2)[nH]c1=O. The van der Waals surface area contributed by atoms with Crippen LogP contribution in [0.2, 0.25) is 0 Å². The molecule has 3 aromatic carbocycles. The third kappa shape index (κ3) is 4.55. The second kappa shape index (κ2) is 9.05. The Morgan fingerprint density at radius 3 is 1.97 bits per heavy atom. The maximum absolute atomic E-state index is 12.5. The van der Waals surface area contributed by atoms with E-state index in [1.165, 1.54) is 0 Å². The summed E-state index contributed by atoms with van der Waals surface area (Å²) in [5, 5.41) is 2.81. The number of pyridine rings is 1. The number of rotatable bonds is 6. The van der Waals surface area contributed by atoms with Crippen LogP contribution in [0.5, 0.6) is 0 Å². The highest BCUT2D eigenvalue weighted by molar-refractivity contribution is 5.94. The molecule has 0 saturated heterocycles. The minimum atomic E-state index is -0.392. The Bertz CT molecular complexity index is 1180. The van der Waals surface area contributed by atoms with Gasteiger partial charge in [-0.3, -0.25) is 9.59 Å². The van der Waals surface area contributed by atoms with E-state index in [0.29, 0.717) is 12.2 Å². The summed E-state index contributed by atoms with van der Waals surface area (Å²) in [6.45, 7) is 0.477. The molecule has 0 radical (unpaired) electrons. The van der Waals surface area contributed by atoms with Crippen LogP contribution in [-0.2, 0) is 6.42 Å². The second-order valence-corrected chi connectivity index (χ2v) is 7.05. The van der Waals surface area contributed by atoms with Gasteiger partial charge in [-0.25, -0.2) is 0 Å². The van der Waals surface area contributed by atoms with Crippen molar-refractivity contribution in [1.29, 1.82) is 0 Å². The van der Waals surface area contributed by atoms with E-state index in [-0.39, 0.29) is 11.5 Å². The van der Waals surface area contributed by atoms with Gasteiger partial charge in [0.1, 0.15) is 5.56 Å². The van der Waals surface area contributed by atoms with Gasteiger partial charge in [0.2, 0.25) is 0 Å². The van der Waals surface area contributed by atoms with Gasteiger partial charge in [-0.15, -0.1) is 0 Å². The maximum Gasteiger partial charge on any atom is 0.261 e. The molecule has 0 aliphatic carbocycles. The maximum atomic E-state index is 12.5. The molecule has 0 unspecified atom stereocenters. The van der Waals surface area contributed by atoms with E-state index in [1.54, 1.807) is 12.1 Å². The Labute approximate surface area is 175 Å². The highest BCUT2D eigenvalue weighted by atomic mass is 16.2. The zero-order chi connectivity index (χ0) is 20.8. The summed E-state index contributed by atoms with van der Waals surface area (Å²) < 4.78 is 0. The average Bonchev–Trinajstić information content (AvgIpc) is 2.80. The van der Waals surface area contributed by atoms with Crippen molar-refractivity contribution in [3.8, 4) is 22.4 Å². The van der Waals surface area contributed by atoms with Crippen molar-refractivity contribution in [1.82, 2.24) is 10.3 Å². The quantitative estimate of drug-likeness (QED) is 0.499. The van der Waals surface area contributed by atoms with Crippen LogP contribution >= 0.6 is 0 Å². The molecule has 0 bridgehead atoms. The van der Waals surface area contributed by atoms with Gasteiger partial charge < -0.3 is 10.3 Å². The van der Waals surface area contributed by atoms with Crippen molar-refractivity contribution >= 4 is 5.91 Å². The predicted molar refractivity (Wildman–Crippen MR) is 120 cm³/mol. The number of carbonyl (C=O) groups is 1. The summed E-state index contributed by atoms with van der Waals surface area (Å²) in [6.07, 6.45) is 0.719. The molecule has 1 heterocycles. The van der Waals surface area contributed by atoms with E-state index in [4.69, 9.17) is 0 Å². The molecule has 0 spiro atoms. The minimum Gasteiger partial charge on any atom is -0.352 e. The third-order valence-electron chi connectivity index (χ3n) is 5.00. The monoisotopic (exact) mass is 394 g/mol. The number of amides is 1. The molecular formula is C26H22N2O2. The standard InChI is InChI=1S/C26H22N2O2/c29-25(27-18-17-19-7-3-1-4-8-19)23-15-16-24(28-26(23)30)22-13-11-21(12-14-22)20-9-5-2-6-10-20/h1-16H,17-18H2,(H,27,29)(H,28,30). The molecule has 0 saturated carbocycles. The number of carbonyl (C=O) groups excluding carboxylic acids is 1. The first-order valence-corrected chi connectivity index (χ1v) is 9.92. The summed E-state index contributed by atoms with van der Waals surface area (Å²) in [5.74, 6) is -0.363. The fourth-order valence-corrected chi connectivity index (χ4v) is 3.35. The lowest BCUT2D eigenvalue weighted by Crippen LogP contribution is -2.31. The lowest BCUT2D eigenvalue weighted by Gasteiger charge is -2.07. The summed E-state index contributed by atoms with van der Waals surface area (Å²) in [6, 6.07) is 31.3. The van der Waals surface area contributed by atoms with Gasteiger partial charge in [0.15, 0.2) is 0 Å². The normalized spacial score (nSPS) is 10.5. The lowest BCUT2D eigenvalue weighted by atomic mass is 10.0. The molecule has 1 amide bonds. The van der Waals surface area contributed by atoms with Gasteiger partial charge in [0, 0.05) is 12.2 Å². The molecule has 0 atom stereocenters. The van der Waals surface area contributed by atoms with E-state index in [1.807, 2.05) is 72.8 Å². The van der Waals surface area contributed by atoms with Gasteiger partial charge in [-0.05, 0) is 40.8 Å². The smallest absolute Gasteiger partial charge is 0.261 e. The summed E-state index contributed by atoms with van der Waals surface area (Å²) in [5.41, 5.74) is 4.69. The highest BCUT2D eigenvalue weighted by Crippen LogP contribution is 2.23. The highest BCUT2D eigenvalue weighted by Gasteiger charge is 2.11. The lowest BCUT2D eigenvalue weighted by molar-refractivity contribution is 0.0952. The summed E-state index contributed by atoms with van der Waals surface area (Å²) in [4.78, 5) is 27.7. The van der Waals surface area contributed by atoms with E-state index < -0.39 is 5.56 Å². The first-order chi connectivity index (χ1) is 14.7. The molecule has 30 heavy (non-hydrogen) atoms. The molecule has 4 nitrogen and oxygen atoms in total. The summed E-state index contributed by atoms with van der Waals surface area (Å²) >= 11 is 0. The zero-order valence-corrected chi connectivity index (χ0v) is 16.5. The van der Waals surface area contributed by atoms with Crippen molar-refractivity contribution in [2.45, 2.75) is 6.42 Å². The second-order valence-electron chi connectivity index (χ2n) is 7.05. The largest absolute Gasteiger partial charge is 0.352 e. The number of benzene rings is 3. The van der Waals surface area contributed by atoms with Gasteiger partial charge in [0.05, 0.1) is 0 Å². The molecule has 4 rings (SSSR count). The molecular weight excluding hydrogens is 372 g/mol. The van der Waals surface area contributed by atoms with Crippen molar-refractivity contribution in [3.05, 3.63) is 119 Å². The number of aromatic nitrogens is 1. The number of H-pyrrole nitrogens is 1. The number of aromatic amines is 1. The Balaban J connectivity index is 1.44. The zero-order valence-electron chi connectivity index (χ0n) is 16.5. The van der Waals surface area contributed by atoms with Crippen LogP contribution in [0, 0.1) is 0 Å². The Hall–Kier alpha value is -3.92. The first kappa shape index (κ1) is 19.4. The van der Waals surface area contributed by atoms with E-state index >= 15 is 0 Å². The fourth-order valence-electron chi connectivity index (χ4n) is 3.35. The van der Waals surface area contributed by atoms with Crippen LogP contribution in [0.15, 0.2) is 102 Å². The molecule has 0 aliphatic heterocycles. The predicted octanol–water partition coefficient (Wildman–Crippen LogP) is 4.68.